The van der Waals surface area contributed by atoms with Gasteiger partial charge in [-0.1, -0.05) is 27.5 Å². The molecule has 22 heavy (non-hydrogen) atoms. The molecule has 0 radical (unpaired) electrons. The van der Waals surface area contributed by atoms with Crippen LogP contribution in [0.3, 0.4) is 0 Å². The van der Waals surface area contributed by atoms with Gasteiger partial charge in [0.05, 0.1) is 30.5 Å². The maximum atomic E-state index is 12.5. The van der Waals surface area contributed by atoms with Gasteiger partial charge in [0.2, 0.25) is 0 Å². The van der Waals surface area contributed by atoms with E-state index in [1.54, 1.807) is 18.2 Å². The highest BCUT2D eigenvalue weighted by Crippen LogP contribution is 2.36. The quantitative estimate of drug-likeness (QED) is 0.608. The lowest BCUT2D eigenvalue weighted by molar-refractivity contribution is 0.102. The van der Waals surface area contributed by atoms with Crippen LogP contribution in [0.2, 0.25) is 5.02 Å². The van der Waals surface area contributed by atoms with Gasteiger partial charge in [0.15, 0.2) is 0 Å². The zero-order valence-electron chi connectivity index (χ0n) is 11.7. The summed E-state index contributed by atoms with van der Waals surface area (Å²) in [6, 6.07) is 8.73. The predicted octanol–water partition coefficient (Wildman–Crippen LogP) is 4.98. The lowest BCUT2D eigenvalue weighted by atomic mass is 10.2. The smallest absolute Gasteiger partial charge is 0.256 e. The van der Waals surface area contributed by atoms with Gasteiger partial charge in [-0.2, -0.15) is 0 Å². The van der Waals surface area contributed by atoms with E-state index in [4.69, 9.17) is 21.1 Å². The average Bonchev–Trinajstić information content (AvgIpc) is 2.50. The van der Waals surface area contributed by atoms with Gasteiger partial charge in [-0.25, -0.2) is 0 Å². The largest absolute Gasteiger partial charge is 0.495 e. The van der Waals surface area contributed by atoms with Crippen LogP contribution in [0.15, 0.2) is 34.8 Å². The molecule has 116 valence electrons. The van der Waals surface area contributed by atoms with Crippen molar-refractivity contribution in [2.45, 2.75) is 0 Å². The third kappa shape index (κ3) is 3.85. The van der Waals surface area contributed by atoms with E-state index in [9.17, 15) is 4.79 Å². The highest BCUT2D eigenvalue weighted by atomic mass is 127. The molecule has 2 aromatic rings. The molecule has 7 heteroatoms. The van der Waals surface area contributed by atoms with Gasteiger partial charge in [-0.3, -0.25) is 4.79 Å². The molecule has 4 nitrogen and oxygen atoms in total. The Hall–Kier alpha value is -0.990. The van der Waals surface area contributed by atoms with E-state index in [0.717, 1.165) is 8.04 Å². The Bertz CT molecular complexity index is 724. The molecule has 0 aliphatic carbocycles. The van der Waals surface area contributed by atoms with Crippen LogP contribution in [0.25, 0.3) is 0 Å². The van der Waals surface area contributed by atoms with Crippen LogP contribution >= 0.6 is 50.1 Å². The lowest BCUT2D eigenvalue weighted by Crippen LogP contribution is -2.14. The Kier molecular flexibility index (Phi) is 5.94. The van der Waals surface area contributed by atoms with Crippen LogP contribution < -0.4 is 14.8 Å². The van der Waals surface area contributed by atoms with E-state index in [-0.39, 0.29) is 5.91 Å². The maximum absolute atomic E-state index is 12.5. The third-order valence-electron chi connectivity index (χ3n) is 2.90. The molecule has 0 unspecified atom stereocenters. The lowest BCUT2D eigenvalue weighted by Gasteiger charge is -2.13. The number of halogens is 3. The van der Waals surface area contributed by atoms with Gasteiger partial charge in [-0.15, -0.1) is 0 Å². The first kappa shape index (κ1) is 17.4. The zero-order valence-corrected chi connectivity index (χ0v) is 16.2. The minimum absolute atomic E-state index is 0.242. The van der Waals surface area contributed by atoms with Crippen LogP contribution in [0, 0.1) is 3.57 Å². The maximum Gasteiger partial charge on any atom is 0.256 e. The van der Waals surface area contributed by atoms with Gasteiger partial charge >= 0.3 is 0 Å². The second-order valence-corrected chi connectivity index (χ2v) is 6.75. The topological polar surface area (TPSA) is 47.6 Å². The summed E-state index contributed by atoms with van der Waals surface area (Å²) in [4.78, 5) is 12.5. The van der Waals surface area contributed by atoms with Gasteiger partial charge in [0.25, 0.3) is 5.91 Å². The number of amides is 1. The van der Waals surface area contributed by atoms with E-state index in [1.165, 1.54) is 14.2 Å². The summed E-state index contributed by atoms with van der Waals surface area (Å²) in [5, 5.41) is 3.23. The molecule has 1 N–H and O–H groups in total. The summed E-state index contributed by atoms with van der Waals surface area (Å²) in [6.45, 7) is 0. The molecule has 0 atom stereocenters. The molecule has 0 saturated carbocycles. The van der Waals surface area contributed by atoms with E-state index >= 15 is 0 Å². The molecule has 0 heterocycles. The number of hydrogen-bond acceptors (Lipinski definition) is 3. The molecule has 0 bridgehead atoms. The Labute approximate surface area is 155 Å². The fourth-order valence-electron chi connectivity index (χ4n) is 1.82. The first-order valence-electron chi connectivity index (χ1n) is 6.14. The highest BCUT2D eigenvalue weighted by molar-refractivity contribution is 14.1. The number of carbonyl (C=O) groups excluding carboxylic acids is 1. The number of carbonyl (C=O) groups is 1. The molecular weight excluding hydrogens is 484 g/mol. The van der Waals surface area contributed by atoms with Crippen molar-refractivity contribution in [2.75, 3.05) is 19.5 Å². The second kappa shape index (κ2) is 7.52. The Morgan fingerprint density at radius 3 is 2.50 bits per heavy atom. The van der Waals surface area contributed by atoms with Crippen LogP contribution in [0.5, 0.6) is 11.5 Å². The fourth-order valence-corrected chi connectivity index (χ4v) is 2.99. The van der Waals surface area contributed by atoms with Crippen LogP contribution in [0.1, 0.15) is 10.4 Å². The number of rotatable bonds is 4. The fraction of sp³-hybridized carbons (Fsp3) is 0.133. The Morgan fingerprint density at radius 1 is 1.18 bits per heavy atom. The van der Waals surface area contributed by atoms with E-state index in [1.807, 2.05) is 12.1 Å². The van der Waals surface area contributed by atoms with Gasteiger partial charge in [0, 0.05) is 20.2 Å². The Balaban J connectivity index is 2.37. The van der Waals surface area contributed by atoms with Crippen LogP contribution in [-0.2, 0) is 0 Å². The molecule has 0 saturated heterocycles. The monoisotopic (exact) mass is 495 g/mol. The molecule has 0 aliphatic heterocycles. The minimum atomic E-state index is -0.242. The van der Waals surface area contributed by atoms with Crippen molar-refractivity contribution in [3.05, 3.63) is 49.0 Å². The summed E-state index contributed by atoms with van der Waals surface area (Å²) in [6.07, 6.45) is 0. The highest BCUT2D eigenvalue weighted by Gasteiger charge is 2.15. The minimum Gasteiger partial charge on any atom is -0.495 e. The van der Waals surface area contributed by atoms with E-state index < -0.39 is 0 Å². The van der Waals surface area contributed by atoms with Crippen molar-refractivity contribution in [2.24, 2.45) is 0 Å². The number of hydrogen-bond donors (Lipinski definition) is 1. The number of methoxy groups -OCH3 is 2. The van der Waals surface area contributed by atoms with Crippen molar-refractivity contribution in [1.82, 2.24) is 0 Å². The molecule has 0 fully saturated rings. The van der Waals surface area contributed by atoms with E-state index in [0.29, 0.717) is 27.8 Å². The standard InChI is InChI=1S/C15H12BrClINO3/c1-21-13-7-12(14(22-2)6-10(13)17)19-15(20)9-5-8(16)3-4-11(9)18/h3-7H,1-2H3,(H,19,20). The third-order valence-corrected chi connectivity index (χ3v) is 4.62. The Morgan fingerprint density at radius 2 is 1.86 bits per heavy atom. The van der Waals surface area contributed by atoms with Gasteiger partial charge < -0.3 is 14.8 Å². The molecule has 2 rings (SSSR count). The molecule has 1 amide bonds. The average molecular weight is 497 g/mol. The molecular formula is C15H12BrClINO3. The van der Waals surface area contributed by atoms with Crippen molar-refractivity contribution in [1.29, 1.82) is 0 Å². The summed E-state index contributed by atoms with van der Waals surface area (Å²) in [5.74, 6) is 0.680. The molecule has 2 aromatic carbocycles. The predicted molar refractivity (Wildman–Crippen MR) is 99.4 cm³/mol. The summed E-state index contributed by atoms with van der Waals surface area (Å²) in [7, 11) is 3.02. The van der Waals surface area contributed by atoms with Gasteiger partial charge in [0.1, 0.15) is 11.5 Å². The summed E-state index contributed by atoms with van der Waals surface area (Å²) < 4.78 is 12.1. The summed E-state index contributed by atoms with van der Waals surface area (Å²) in [5.41, 5.74) is 1.05. The first-order valence-corrected chi connectivity index (χ1v) is 8.39. The van der Waals surface area contributed by atoms with Crippen molar-refractivity contribution in [3.8, 4) is 11.5 Å². The van der Waals surface area contributed by atoms with Crippen LogP contribution in [-0.4, -0.2) is 20.1 Å². The number of ether oxygens (including phenoxy) is 2. The number of benzene rings is 2. The normalized spacial score (nSPS) is 10.2. The number of nitrogens with one attached hydrogen (secondary N) is 1. The van der Waals surface area contributed by atoms with Crippen molar-refractivity contribution >= 4 is 61.7 Å². The first-order chi connectivity index (χ1) is 10.5. The van der Waals surface area contributed by atoms with Crippen LogP contribution in [0.4, 0.5) is 5.69 Å². The molecule has 0 aromatic heterocycles. The van der Waals surface area contributed by atoms with E-state index in [2.05, 4.69) is 43.8 Å². The van der Waals surface area contributed by atoms with Crippen molar-refractivity contribution in [3.63, 3.8) is 0 Å². The SMILES string of the molecule is COc1cc(NC(=O)c2cc(Br)ccc2I)c(OC)cc1Cl. The second-order valence-electron chi connectivity index (χ2n) is 4.27. The molecule has 0 spiro atoms. The van der Waals surface area contributed by atoms with Gasteiger partial charge in [-0.05, 0) is 40.8 Å². The number of anilines is 1. The zero-order chi connectivity index (χ0) is 16.3. The molecule has 0 aliphatic rings. The summed E-state index contributed by atoms with van der Waals surface area (Å²) >= 11 is 11.5. The van der Waals surface area contributed by atoms with Crippen molar-refractivity contribution < 1.29 is 14.3 Å².